The van der Waals surface area contributed by atoms with Crippen LogP contribution in [-0.2, 0) is 9.59 Å². The van der Waals surface area contributed by atoms with Crippen molar-refractivity contribution in [1.82, 2.24) is 0 Å². The lowest BCUT2D eigenvalue weighted by molar-refractivity contribution is -0.132. The van der Waals surface area contributed by atoms with E-state index in [1.54, 1.807) is 66.7 Å². The van der Waals surface area contributed by atoms with Crippen LogP contribution in [0.1, 0.15) is 48.9 Å². The zero-order chi connectivity index (χ0) is 27.9. The van der Waals surface area contributed by atoms with Gasteiger partial charge in [-0.3, -0.25) is 14.5 Å². The fourth-order valence-corrected chi connectivity index (χ4v) is 4.54. The maximum absolute atomic E-state index is 13.4. The van der Waals surface area contributed by atoms with Gasteiger partial charge < -0.3 is 19.3 Å². The molecular formula is C31H30N2O6. The number of benzene rings is 3. The Hall–Kier alpha value is -4.77. The molecule has 0 aromatic heterocycles. The van der Waals surface area contributed by atoms with E-state index in [2.05, 4.69) is 6.92 Å². The van der Waals surface area contributed by atoms with Crippen LogP contribution in [0.15, 0.2) is 72.3 Å². The van der Waals surface area contributed by atoms with Gasteiger partial charge in [-0.2, -0.15) is 5.26 Å². The number of hydrogen-bond acceptors (Lipinski definition) is 7. The number of nitriles is 1. The Morgan fingerprint density at radius 1 is 0.949 bits per heavy atom. The van der Waals surface area contributed by atoms with Gasteiger partial charge in [0.15, 0.2) is 11.5 Å². The number of aliphatic hydroxyl groups is 1. The lowest BCUT2D eigenvalue weighted by Gasteiger charge is -2.26. The fraction of sp³-hybridized carbons (Fsp3) is 0.258. The first-order chi connectivity index (χ1) is 18.9. The number of methoxy groups -OCH3 is 2. The lowest BCUT2D eigenvalue weighted by atomic mass is 9.94. The Balaban J connectivity index is 1.80. The highest BCUT2D eigenvalue weighted by atomic mass is 16.5. The van der Waals surface area contributed by atoms with Crippen LogP contribution in [-0.4, -0.2) is 37.6 Å². The van der Waals surface area contributed by atoms with Crippen molar-refractivity contribution in [3.05, 3.63) is 89.0 Å². The van der Waals surface area contributed by atoms with Crippen molar-refractivity contribution in [2.24, 2.45) is 0 Å². The Morgan fingerprint density at radius 3 is 2.26 bits per heavy atom. The molecule has 1 fully saturated rings. The number of ether oxygens (including phenoxy) is 3. The molecule has 1 atom stereocenters. The molecule has 8 nitrogen and oxygen atoms in total. The molecule has 200 valence electrons. The van der Waals surface area contributed by atoms with E-state index < -0.39 is 17.7 Å². The number of rotatable bonds is 10. The number of amides is 1. The minimum atomic E-state index is -0.956. The average Bonchev–Trinajstić information content (AvgIpc) is 3.24. The van der Waals surface area contributed by atoms with Crippen LogP contribution in [0.2, 0.25) is 0 Å². The minimum absolute atomic E-state index is 0.0619. The summed E-state index contributed by atoms with van der Waals surface area (Å²) in [6, 6.07) is 19.3. The van der Waals surface area contributed by atoms with Gasteiger partial charge in [0.25, 0.3) is 11.7 Å². The molecule has 1 aliphatic heterocycles. The first-order valence-corrected chi connectivity index (χ1v) is 12.7. The number of ketones is 1. The average molecular weight is 527 g/mol. The van der Waals surface area contributed by atoms with Gasteiger partial charge in [-0.05, 0) is 72.6 Å². The highest BCUT2D eigenvalue weighted by Gasteiger charge is 2.47. The predicted octanol–water partition coefficient (Wildman–Crippen LogP) is 5.77. The van der Waals surface area contributed by atoms with Gasteiger partial charge in [-0.25, -0.2) is 0 Å². The molecule has 1 heterocycles. The summed E-state index contributed by atoms with van der Waals surface area (Å²) in [6.07, 6.45) is 3.12. The summed E-state index contributed by atoms with van der Waals surface area (Å²) in [7, 11) is 3.00. The number of Topliss-reactive ketones (excluding diaryl/α,β-unsaturated/α-hetero) is 1. The van der Waals surface area contributed by atoms with Gasteiger partial charge in [-0.15, -0.1) is 0 Å². The maximum atomic E-state index is 13.4. The summed E-state index contributed by atoms with van der Waals surface area (Å²) in [6.45, 7) is 2.71. The number of carbonyl (C=O) groups excluding carboxylic acids is 2. The quantitative estimate of drug-likeness (QED) is 0.155. The number of nitrogens with zero attached hydrogens (tertiary/aromatic N) is 2. The first kappa shape index (κ1) is 27.3. The third kappa shape index (κ3) is 5.58. The van der Waals surface area contributed by atoms with Gasteiger partial charge in [-0.1, -0.05) is 25.8 Å². The van der Waals surface area contributed by atoms with Crippen molar-refractivity contribution in [1.29, 1.82) is 5.26 Å². The maximum Gasteiger partial charge on any atom is 0.300 e. The predicted molar refractivity (Wildman–Crippen MR) is 147 cm³/mol. The van der Waals surface area contributed by atoms with Crippen molar-refractivity contribution in [2.75, 3.05) is 25.7 Å². The molecule has 4 rings (SSSR count). The highest BCUT2D eigenvalue weighted by molar-refractivity contribution is 6.51. The summed E-state index contributed by atoms with van der Waals surface area (Å²) in [5.74, 6) is -0.386. The summed E-state index contributed by atoms with van der Waals surface area (Å²) < 4.78 is 16.6. The summed E-state index contributed by atoms with van der Waals surface area (Å²) >= 11 is 0. The Bertz CT molecular complexity index is 1420. The van der Waals surface area contributed by atoms with Crippen molar-refractivity contribution < 1.29 is 28.9 Å². The first-order valence-electron chi connectivity index (χ1n) is 12.7. The molecule has 1 unspecified atom stereocenters. The minimum Gasteiger partial charge on any atom is -0.507 e. The molecule has 1 aliphatic rings. The Kier molecular flexibility index (Phi) is 8.52. The largest absolute Gasteiger partial charge is 0.507 e. The molecule has 39 heavy (non-hydrogen) atoms. The second-order valence-corrected chi connectivity index (χ2v) is 9.02. The van der Waals surface area contributed by atoms with E-state index in [0.717, 1.165) is 19.3 Å². The summed E-state index contributed by atoms with van der Waals surface area (Å²) in [4.78, 5) is 28.1. The van der Waals surface area contributed by atoms with Gasteiger partial charge in [0, 0.05) is 11.3 Å². The van der Waals surface area contributed by atoms with E-state index >= 15 is 0 Å². The van der Waals surface area contributed by atoms with Crippen LogP contribution in [0.3, 0.4) is 0 Å². The zero-order valence-corrected chi connectivity index (χ0v) is 22.1. The number of aliphatic hydroxyl groups excluding tert-OH is 1. The van der Waals surface area contributed by atoms with Crippen LogP contribution < -0.4 is 19.1 Å². The number of hydrogen-bond donors (Lipinski definition) is 1. The van der Waals surface area contributed by atoms with Crippen LogP contribution in [0, 0.1) is 11.3 Å². The molecular weight excluding hydrogens is 496 g/mol. The van der Waals surface area contributed by atoms with Crippen molar-refractivity contribution >= 4 is 23.1 Å². The number of unbranched alkanes of at least 4 members (excludes halogenated alkanes) is 2. The molecule has 0 spiro atoms. The topological polar surface area (TPSA) is 109 Å². The fourth-order valence-electron chi connectivity index (χ4n) is 4.54. The van der Waals surface area contributed by atoms with Crippen molar-refractivity contribution in [3.8, 4) is 23.3 Å². The normalized spacial score (nSPS) is 16.2. The van der Waals surface area contributed by atoms with E-state index in [1.807, 2.05) is 6.07 Å². The number of carbonyl (C=O) groups is 2. The van der Waals surface area contributed by atoms with Gasteiger partial charge in [0.05, 0.1) is 44.1 Å². The summed E-state index contributed by atoms with van der Waals surface area (Å²) in [5.41, 5.74) is 1.67. The smallest absolute Gasteiger partial charge is 0.300 e. The SMILES string of the molecule is CCCCCOc1ccc(/C(O)=C2/C(=O)C(=O)N(c3ccc(C#N)cc3)C2c2ccc(OC)c(OC)c2)cc1. The monoisotopic (exact) mass is 526 g/mol. The van der Waals surface area contributed by atoms with Crippen LogP contribution >= 0.6 is 0 Å². The molecule has 0 bridgehead atoms. The molecule has 1 amide bonds. The molecule has 0 radical (unpaired) electrons. The van der Waals surface area contributed by atoms with Crippen molar-refractivity contribution in [3.63, 3.8) is 0 Å². The van der Waals surface area contributed by atoms with Gasteiger partial charge >= 0.3 is 0 Å². The van der Waals surface area contributed by atoms with Gasteiger partial charge in [0.2, 0.25) is 0 Å². The third-order valence-electron chi connectivity index (χ3n) is 6.59. The molecule has 0 saturated carbocycles. The third-order valence-corrected chi connectivity index (χ3v) is 6.59. The highest BCUT2D eigenvalue weighted by Crippen LogP contribution is 2.44. The lowest BCUT2D eigenvalue weighted by Crippen LogP contribution is -2.29. The molecule has 8 heteroatoms. The second-order valence-electron chi connectivity index (χ2n) is 9.02. The van der Waals surface area contributed by atoms with E-state index in [-0.39, 0.29) is 11.3 Å². The molecule has 1 N–H and O–H groups in total. The molecule has 3 aromatic carbocycles. The summed E-state index contributed by atoms with van der Waals surface area (Å²) in [5, 5.41) is 20.6. The molecule has 0 aliphatic carbocycles. The number of anilines is 1. The van der Waals surface area contributed by atoms with Crippen LogP contribution in [0.5, 0.6) is 17.2 Å². The second kappa shape index (κ2) is 12.2. The van der Waals surface area contributed by atoms with E-state index in [1.165, 1.54) is 19.1 Å². The molecule has 3 aromatic rings. The van der Waals surface area contributed by atoms with E-state index in [9.17, 15) is 20.0 Å². The van der Waals surface area contributed by atoms with Crippen LogP contribution in [0.4, 0.5) is 5.69 Å². The van der Waals surface area contributed by atoms with E-state index in [0.29, 0.717) is 46.2 Å². The zero-order valence-electron chi connectivity index (χ0n) is 22.1. The van der Waals surface area contributed by atoms with Crippen LogP contribution in [0.25, 0.3) is 5.76 Å². The Morgan fingerprint density at radius 2 is 1.64 bits per heavy atom. The molecule has 1 saturated heterocycles. The standard InChI is InChI=1S/C31H30N2O6/c1-4-5-6-17-39-24-14-9-21(10-15-24)29(34)27-28(22-11-16-25(37-2)26(18-22)38-3)33(31(36)30(27)35)23-12-7-20(19-32)8-13-23/h7-16,18,28,34H,4-6,17H2,1-3H3/b29-27-. The Labute approximate surface area is 227 Å². The van der Waals surface area contributed by atoms with E-state index in [4.69, 9.17) is 14.2 Å². The van der Waals surface area contributed by atoms with Crippen molar-refractivity contribution in [2.45, 2.75) is 32.2 Å². The van der Waals surface area contributed by atoms with Gasteiger partial charge in [0.1, 0.15) is 11.5 Å².